The van der Waals surface area contributed by atoms with Gasteiger partial charge in [-0.3, -0.25) is 9.59 Å². The Bertz CT molecular complexity index is 975. The fraction of sp³-hybridized carbons (Fsp3) is 0.111. The number of hydrogen-bond acceptors (Lipinski definition) is 5. The molecule has 0 bridgehead atoms. The van der Waals surface area contributed by atoms with Crippen molar-refractivity contribution in [3.05, 3.63) is 57.2 Å². The third-order valence-corrected chi connectivity index (χ3v) is 4.94. The Kier molecular flexibility index (Phi) is 5.51. The van der Waals surface area contributed by atoms with Gasteiger partial charge >= 0.3 is 0 Å². The lowest BCUT2D eigenvalue weighted by Crippen LogP contribution is -2.32. The van der Waals surface area contributed by atoms with E-state index in [9.17, 15) is 9.59 Å². The van der Waals surface area contributed by atoms with Crippen molar-refractivity contribution in [2.75, 3.05) is 24.4 Å². The van der Waals surface area contributed by atoms with Crippen molar-refractivity contribution in [2.24, 2.45) is 0 Å². The van der Waals surface area contributed by atoms with Crippen molar-refractivity contribution in [2.45, 2.75) is 0 Å². The van der Waals surface area contributed by atoms with Gasteiger partial charge in [-0.2, -0.15) is 0 Å². The number of benzene rings is 2. The van der Waals surface area contributed by atoms with Crippen LogP contribution in [0.1, 0.15) is 0 Å². The Morgan fingerprint density at radius 1 is 0.889 bits per heavy atom. The molecule has 0 aromatic heterocycles. The first-order valence-electron chi connectivity index (χ1n) is 7.60. The summed E-state index contributed by atoms with van der Waals surface area (Å²) in [4.78, 5) is 26.3. The van der Waals surface area contributed by atoms with Gasteiger partial charge in [-0.15, -0.1) is 0 Å². The molecule has 140 valence electrons. The van der Waals surface area contributed by atoms with Crippen LogP contribution in [0.2, 0.25) is 10.0 Å². The number of halogens is 3. The minimum atomic E-state index is -0.676. The number of anilines is 2. The average Bonchev–Trinajstić information content (AvgIpc) is 2.87. The standard InChI is InChI=1S/C18H13Cl3N2O4/c1-26-10-4-6-14(27-2)13(8-10)22-16-15(21)17(24)23(18(16)25)9-3-5-11(19)12(20)7-9/h3-8,22H,1-2H3. The van der Waals surface area contributed by atoms with Crippen molar-refractivity contribution < 1.29 is 19.1 Å². The maximum Gasteiger partial charge on any atom is 0.283 e. The van der Waals surface area contributed by atoms with E-state index in [0.717, 1.165) is 4.90 Å². The molecule has 0 saturated carbocycles. The molecule has 3 rings (SSSR count). The third kappa shape index (κ3) is 3.56. The lowest BCUT2D eigenvalue weighted by molar-refractivity contribution is -0.120. The van der Waals surface area contributed by atoms with Gasteiger partial charge in [0, 0.05) is 6.07 Å². The molecule has 2 aromatic rings. The molecule has 1 N–H and O–H groups in total. The molecule has 6 nitrogen and oxygen atoms in total. The zero-order chi connectivity index (χ0) is 19.7. The Balaban J connectivity index is 1.96. The first-order valence-corrected chi connectivity index (χ1v) is 8.73. The summed E-state index contributed by atoms with van der Waals surface area (Å²) >= 11 is 18.0. The minimum Gasteiger partial charge on any atom is -0.497 e. The zero-order valence-electron chi connectivity index (χ0n) is 14.2. The smallest absolute Gasteiger partial charge is 0.283 e. The van der Waals surface area contributed by atoms with Crippen LogP contribution in [0.4, 0.5) is 11.4 Å². The largest absolute Gasteiger partial charge is 0.497 e. The van der Waals surface area contributed by atoms with Crippen LogP contribution in [0.15, 0.2) is 47.1 Å². The van der Waals surface area contributed by atoms with Gasteiger partial charge in [-0.05, 0) is 30.3 Å². The van der Waals surface area contributed by atoms with E-state index in [2.05, 4.69) is 5.32 Å². The van der Waals surface area contributed by atoms with Gasteiger partial charge < -0.3 is 14.8 Å². The summed E-state index contributed by atoms with van der Waals surface area (Å²) in [5.41, 5.74) is 0.591. The van der Waals surface area contributed by atoms with E-state index < -0.39 is 11.8 Å². The maximum atomic E-state index is 12.8. The molecule has 0 spiro atoms. The molecule has 1 aliphatic rings. The van der Waals surface area contributed by atoms with Gasteiger partial charge in [-0.1, -0.05) is 34.8 Å². The lowest BCUT2D eigenvalue weighted by Gasteiger charge is -2.16. The number of nitrogens with zero attached hydrogens (tertiary/aromatic N) is 1. The Morgan fingerprint density at radius 2 is 1.63 bits per heavy atom. The van der Waals surface area contributed by atoms with E-state index in [1.165, 1.54) is 32.4 Å². The predicted molar refractivity (Wildman–Crippen MR) is 105 cm³/mol. The number of rotatable bonds is 5. The molecular weight excluding hydrogens is 415 g/mol. The van der Waals surface area contributed by atoms with Gasteiger partial charge in [0.15, 0.2) is 0 Å². The van der Waals surface area contributed by atoms with Crippen molar-refractivity contribution in [3.8, 4) is 11.5 Å². The molecule has 0 aliphatic carbocycles. The summed E-state index contributed by atoms with van der Waals surface area (Å²) in [5, 5.41) is 3.12. The van der Waals surface area contributed by atoms with E-state index in [-0.39, 0.29) is 21.4 Å². The topological polar surface area (TPSA) is 67.9 Å². The summed E-state index contributed by atoms with van der Waals surface area (Å²) in [6.45, 7) is 0. The van der Waals surface area contributed by atoms with E-state index in [1.807, 2.05) is 0 Å². The summed E-state index contributed by atoms with van der Waals surface area (Å²) in [5.74, 6) is -0.327. The SMILES string of the molecule is COc1ccc(OC)c(NC2=C(Cl)C(=O)N(c3ccc(Cl)c(Cl)c3)C2=O)c1. The number of carbonyl (C=O) groups is 2. The van der Waals surface area contributed by atoms with Crippen LogP contribution in [0.3, 0.4) is 0 Å². The van der Waals surface area contributed by atoms with Crippen molar-refractivity contribution >= 4 is 58.0 Å². The second-order valence-electron chi connectivity index (χ2n) is 5.42. The number of methoxy groups -OCH3 is 2. The van der Waals surface area contributed by atoms with Crippen LogP contribution in [0.5, 0.6) is 11.5 Å². The highest BCUT2D eigenvalue weighted by atomic mass is 35.5. The maximum absolute atomic E-state index is 12.8. The second-order valence-corrected chi connectivity index (χ2v) is 6.62. The fourth-order valence-electron chi connectivity index (χ4n) is 2.52. The molecule has 0 fully saturated rings. The van der Waals surface area contributed by atoms with E-state index in [4.69, 9.17) is 44.3 Å². The van der Waals surface area contributed by atoms with Gasteiger partial charge in [0.2, 0.25) is 0 Å². The average molecular weight is 428 g/mol. The van der Waals surface area contributed by atoms with Crippen molar-refractivity contribution in [1.29, 1.82) is 0 Å². The van der Waals surface area contributed by atoms with Crippen LogP contribution >= 0.6 is 34.8 Å². The van der Waals surface area contributed by atoms with E-state index >= 15 is 0 Å². The number of hydrogen-bond donors (Lipinski definition) is 1. The molecule has 27 heavy (non-hydrogen) atoms. The Hall–Kier alpha value is -2.41. The first-order chi connectivity index (χ1) is 12.9. The lowest BCUT2D eigenvalue weighted by atomic mass is 10.2. The number of ether oxygens (including phenoxy) is 2. The number of nitrogens with one attached hydrogen (secondary N) is 1. The van der Waals surface area contributed by atoms with Crippen molar-refractivity contribution in [3.63, 3.8) is 0 Å². The van der Waals surface area contributed by atoms with Crippen LogP contribution in [-0.2, 0) is 9.59 Å². The highest BCUT2D eigenvalue weighted by Gasteiger charge is 2.39. The molecule has 0 saturated heterocycles. The highest BCUT2D eigenvalue weighted by molar-refractivity contribution is 6.53. The molecule has 0 unspecified atom stereocenters. The van der Waals surface area contributed by atoms with Crippen LogP contribution in [0.25, 0.3) is 0 Å². The molecule has 2 aromatic carbocycles. The summed E-state index contributed by atoms with van der Waals surface area (Å²) < 4.78 is 10.4. The van der Waals surface area contributed by atoms with E-state index in [0.29, 0.717) is 22.2 Å². The molecule has 2 amide bonds. The summed E-state index contributed by atoms with van der Waals surface area (Å²) in [7, 11) is 2.99. The number of imide groups is 1. The van der Waals surface area contributed by atoms with Crippen molar-refractivity contribution in [1.82, 2.24) is 0 Å². The minimum absolute atomic E-state index is 0.0840. The first kappa shape index (κ1) is 19.4. The second kappa shape index (κ2) is 7.68. The molecule has 1 aliphatic heterocycles. The van der Waals surface area contributed by atoms with E-state index in [1.54, 1.807) is 18.2 Å². The van der Waals surface area contributed by atoms with Crippen LogP contribution in [0, 0.1) is 0 Å². The Labute approximate surface area is 170 Å². The van der Waals surface area contributed by atoms with Crippen LogP contribution in [-0.4, -0.2) is 26.0 Å². The van der Waals surface area contributed by atoms with Gasteiger partial charge in [0.25, 0.3) is 11.8 Å². The highest BCUT2D eigenvalue weighted by Crippen LogP contribution is 2.36. The fourth-order valence-corrected chi connectivity index (χ4v) is 3.02. The molecular formula is C18H13Cl3N2O4. The summed E-state index contributed by atoms with van der Waals surface area (Å²) in [6, 6.07) is 9.39. The normalized spacial score (nSPS) is 14.0. The van der Waals surface area contributed by atoms with Gasteiger partial charge in [-0.25, -0.2) is 4.90 Å². The monoisotopic (exact) mass is 426 g/mol. The molecule has 0 atom stereocenters. The number of carbonyl (C=O) groups excluding carboxylic acids is 2. The molecule has 1 heterocycles. The Morgan fingerprint density at radius 3 is 2.26 bits per heavy atom. The predicted octanol–water partition coefficient (Wildman–Crippen LogP) is 4.45. The summed E-state index contributed by atoms with van der Waals surface area (Å²) in [6.07, 6.45) is 0. The van der Waals surface area contributed by atoms with Crippen LogP contribution < -0.4 is 19.7 Å². The quantitative estimate of drug-likeness (QED) is 0.714. The molecule has 0 radical (unpaired) electrons. The third-order valence-electron chi connectivity index (χ3n) is 3.86. The van der Waals surface area contributed by atoms with Gasteiger partial charge in [0.05, 0.1) is 35.6 Å². The number of amides is 2. The molecule has 9 heteroatoms. The zero-order valence-corrected chi connectivity index (χ0v) is 16.4. The van der Waals surface area contributed by atoms with Gasteiger partial charge in [0.1, 0.15) is 22.2 Å².